The number of nitrogens with two attached hydrogens (primary N) is 1. The van der Waals surface area contributed by atoms with Crippen molar-refractivity contribution < 1.29 is 20.0 Å². The summed E-state index contributed by atoms with van der Waals surface area (Å²) in [5, 5.41) is 12.7. The number of halogens is 1. The van der Waals surface area contributed by atoms with Gasteiger partial charge in [0.1, 0.15) is 12.3 Å². The predicted octanol–water partition coefficient (Wildman–Crippen LogP) is -0.0579. The molecule has 0 aliphatic heterocycles. The zero-order chi connectivity index (χ0) is 12.7. The molecule has 2 N–H and O–H groups in total. The monoisotopic (exact) mass is 257 g/mol. The van der Waals surface area contributed by atoms with Crippen LogP contribution in [0.5, 0.6) is 5.75 Å². The van der Waals surface area contributed by atoms with E-state index in [0.717, 1.165) is 5.56 Å². The largest absolute Gasteiger partial charge is 0.550 e. The molecule has 0 bridgehead atoms. The van der Waals surface area contributed by atoms with Gasteiger partial charge in [0.25, 0.3) is 0 Å². The molecule has 0 aliphatic carbocycles. The van der Waals surface area contributed by atoms with Crippen LogP contribution in [-0.4, -0.2) is 19.1 Å². The summed E-state index contributed by atoms with van der Waals surface area (Å²) in [6, 6.07) is 5.59. The number of rotatable bonds is 7. The standard InChI is InChI=1S/C12H16ClNO3/c1-2-17-11-4-3-9(7-10(11)13)8-14-6-5-12(15)16/h3-4,7,14H,2,5-6,8H2,1H3,(H,15,16). The minimum atomic E-state index is -1.02. The lowest BCUT2D eigenvalue weighted by atomic mass is 10.2. The highest BCUT2D eigenvalue weighted by molar-refractivity contribution is 6.32. The van der Waals surface area contributed by atoms with Gasteiger partial charge in [-0.1, -0.05) is 11.6 Å². The summed E-state index contributed by atoms with van der Waals surface area (Å²) < 4.78 is 5.32. The molecule has 1 rings (SSSR count). The van der Waals surface area contributed by atoms with Gasteiger partial charge in [-0.25, -0.2) is 0 Å². The quantitative estimate of drug-likeness (QED) is 0.696. The summed E-state index contributed by atoms with van der Waals surface area (Å²) in [6.45, 7) is 3.68. The highest BCUT2D eigenvalue weighted by atomic mass is 35.5. The molecule has 1 aromatic carbocycles. The van der Waals surface area contributed by atoms with E-state index in [1.54, 1.807) is 0 Å². The van der Waals surface area contributed by atoms with Crippen LogP contribution in [0, 0.1) is 0 Å². The number of carbonyl (C=O) groups is 1. The fraction of sp³-hybridized carbons (Fsp3) is 0.417. The first-order valence-corrected chi connectivity index (χ1v) is 5.94. The minimum Gasteiger partial charge on any atom is -0.550 e. The van der Waals surface area contributed by atoms with Gasteiger partial charge in [-0.15, -0.1) is 0 Å². The number of hydrogen-bond acceptors (Lipinski definition) is 3. The van der Waals surface area contributed by atoms with E-state index in [4.69, 9.17) is 16.3 Å². The van der Waals surface area contributed by atoms with E-state index >= 15 is 0 Å². The molecule has 0 unspecified atom stereocenters. The number of ether oxygens (including phenoxy) is 1. The van der Waals surface area contributed by atoms with Crippen LogP contribution >= 0.6 is 11.6 Å². The maximum Gasteiger partial charge on any atom is 0.137 e. The van der Waals surface area contributed by atoms with Gasteiger partial charge in [0, 0.05) is 18.0 Å². The summed E-state index contributed by atoms with van der Waals surface area (Å²) in [7, 11) is 0. The van der Waals surface area contributed by atoms with Crippen LogP contribution in [-0.2, 0) is 11.3 Å². The minimum absolute atomic E-state index is 0.0603. The summed E-state index contributed by atoms with van der Waals surface area (Å²) >= 11 is 6.03. The predicted molar refractivity (Wildman–Crippen MR) is 62.7 cm³/mol. The van der Waals surface area contributed by atoms with Crippen molar-refractivity contribution in [1.82, 2.24) is 0 Å². The van der Waals surface area contributed by atoms with Gasteiger partial charge in [0.15, 0.2) is 0 Å². The number of benzene rings is 1. The first-order chi connectivity index (χ1) is 8.13. The number of carbonyl (C=O) groups excluding carboxylic acids is 1. The van der Waals surface area contributed by atoms with Crippen LogP contribution in [0.25, 0.3) is 0 Å². The molecule has 0 atom stereocenters. The van der Waals surface area contributed by atoms with Crippen molar-refractivity contribution in [3.8, 4) is 5.75 Å². The molecular weight excluding hydrogens is 242 g/mol. The number of quaternary nitrogens is 1. The van der Waals surface area contributed by atoms with Crippen molar-refractivity contribution in [3.63, 3.8) is 0 Å². The van der Waals surface area contributed by atoms with Crippen molar-refractivity contribution in [3.05, 3.63) is 28.8 Å². The van der Waals surface area contributed by atoms with Crippen LogP contribution in [0.15, 0.2) is 18.2 Å². The van der Waals surface area contributed by atoms with E-state index in [0.29, 0.717) is 30.5 Å². The van der Waals surface area contributed by atoms with Crippen molar-refractivity contribution in [2.24, 2.45) is 0 Å². The molecule has 94 valence electrons. The van der Waals surface area contributed by atoms with Gasteiger partial charge in [-0.05, 0) is 25.1 Å². The Morgan fingerprint density at radius 2 is 2.29 bits per heavy atom. The summed E-state index contributed by atoms with van der Waals surface area (Å²) in [4.78, 5) is 10.2. The molecule has 1 aromatic rings. The van der Waals surface area contributed by atoms with E-state index in [-0.39, 0.29) is 6.42 Å². The van der Waals surface area contributed by atoms with E-state index in [2.05, 4.69) is 0 Å². The van der Waals surface area contributed by atoms with Crippen LogP contribution in [0.2, 0.25) is 5.02 Å². The maximum absolute atomic E-state index is 10.2. The summed E-state index contributed by atoms with van der Waals surface area (Å²) in [5.41, 5.74) is 1.04. The average Bonchev–Trinajstić information content (AvgIpc) is 2.28. The molecular formula is C12H16ClNO3. The van der Waals surface area contributed by atoms with Crippen LogP contribution < -0.4 is 15.2 Å². The van der Waals surface area contributed by atoms with Crippen LogP contribution in [0.4, 0.5) is 0 Å². The Kier molecular flexibility index (Phi) is 5.80. The third-order valence-electron chi connectivity index (χ3n) is 2.23. The smallest absolute Gasteiger partial charge is 0.137 e. The third kappa shape index (κ3) is 5.06. The van der Waals surface area contributed by atoms with Crippen LogP contribution in [0.1, 0.15) is 18.9 Å². The van der Waals surface area contributed by atoms with Gasteiger partial charge >= 0.3 is 0 Å². The molecule has 0 aliphatic rings. The Bertz CT molecular complexity index is 382. The van der Waals surface area contributed by atoms with Gasteiger partial charge in [-0.3, -0.25) is 0 Å². The molecule has 0 saturated heterocycles. The van der Waals surface area contributed by atoms with Gasteiger partial charge in [-0.2, -0.15) is 0 Å². The SMILES string of the molecule is CCOc1ccc(C[NH2+]CCC(=O)[O-])cc1Cl. The Hall–Kier alpha value is -1.26. The Balaban J connectivity index is 2.44. The fourth-order valence-corrected chi connectivity index (χ4v) is 1.69. The molecule has 17 heavy (non-hydrogen) atoms. The number of aliphatic carboxylic acids is 1. The Morgan fingerprint density at radius 3 is 2.88 bits per heavy atom. The van der Waals surface area contributed by atoms with E-state index in [1.165, 1.54) is 0 Å². The second-order valence-electron chi connectivity index (χ2n) is 3.60. The lowest BCUT2D eigenvalue weighted by Gasteiger charge is -2.07. The number of hydrogen-bond donors (Lipinski definition) is 1. The average molecular weight is 258 g/mol. The second kappa shape index (κ2) is 7.14. The van der Waals surface area contributed by atoms with Crippen molar-refractivity contribution in [2.45, 2.75) is 19.9 Å². The normalized spacial score (nSPS) is 10.2. The van der Waals surface area contributed by atoms with Crippen molar-refractivity contribution in [2.75, 3.05) is 13.2 Å². The third-order valence-corrected chi connectivity index (χ3v) is 2.52. The number of carboxylic acids is 1. The van der Waals surface area contributed by atoms with E-state index < -0.39 is 5.97 Å². The lowest BCUT2D eigenvalue weighted by Crippen LogP contribution is -2.83. The highest BCUT2D eigenvalue weighted by Gasteiger charge is 2.03. The summed E-state index contributed by atoms with van der Waals surface area (Å²) in [6.07, 6.45) is 0.0603. The van der Waals surface area contributed by atoms with Gasteiger partial charge in [0.2, 0.25) is 0 Å². The zero-order valence-electron chi connectivity index (χ0n) is 9.74. The van der Waals surface area contributed by atoms with Crippen LogP contribution in [0.3, 0.4) is 0 Å². The van der Waals surface area contributed by atoms with E-state index in [1.807, 2.05) is 30.4 Å². The Morgan fingerprint density at radius 1 is 1.53 bits per heavy atom. The first-order valence-electron chi connectivity index (χ1n) is 5.56. The zero-order valence-corrected chi connectivity index (χ0v) is 10.5. The molecule has 0 saturated carbocycles. The molecule has 0 spiro atoms. The molecule has 0 fully saturated rings. The molecule has 0 heterocycles. The van der Waals surface area contributed by atoms with E-state index in [9.17, 15) is 9.90 Å². The number of carboxylic acid groups (broad SMARTS) is 1. The first kappa shape index (κ1) is 13.8. The molecule has 5 heteroatoms. The highest BCUT2D eigenvalue weighted by Crippen LogP contribution is 2.24. The maximum atomic E-state index is 10.2. The Labute approximate surface area is 106 Å². The van der Waals surface area contributed by atoms with Crippen molar-refractivity contribution in [1.29, 1.82) is 0 Å². The fourth-order valence-electron chi connectivity index (χ4n) is 1.43. The molecule has 4 nitrogen and oxygen atoms in total. The summed E-state index contributed by atoms with van der Waals surface area (Å²) in [5.74, 6) is -0.348. The topological polar surface area (TPSA) is 66.0 Å². The lowest BCUT2D eigenvalue weighted by molar-refractivity contribution is -0.670. The van der Waals surface area contributed by atoms with Gasteiger partial charge in [0.05, 0.1) is 18.2 Å². The van der Waals surface area contributed by atoms with Gasteiger partial charge < -0.3 is 20.0 Å². The molecule has 0 radical (unpaired) electrons. The molecule has 0 aromatic heterocycles. The molecule has 0 amide bonds. The van der Waals surface area contributed by atoms with Crippen molar-refractivity contribution >= 4 is 17.6 Å². The second-order valence-corrected chi connectivity index (χ2v) is 4.01.